The molecule has 2 N–H and O–H groups in total. The number of hydrogen-bond donors (Lipinski definition) is 1. The van der Waals surface area contributed by atoms with Gasteiger partial charge in [-0.15, -0.1) is 0 Å². The lowest BCUT2D eigenvalue weighted by Crippen LogP contribution is -2.53. The summed E-state index contributed by atoms with van der Waals surface area (Å²) >= 11 is 0. The molecule has 1 heterocycles. The molecule has 0 saturated carbocycles. The maximum absolute atomic E-state index is 11.1. The molecule has 0 aromatic heterocycles. The van der Waals surface area contributed by atoms with Crippen LogP contribution in [0, 0.1) is 0 Å². The first-order valence-corrected chi connectivity index (χ1v) is 4.62. The number of esters is 1. The molecule has 3 heteroatoms. The molecule has 0 aliphatic carbocycles. The minimum atomic E-state index is -0.380. The van der Waals surface area contributed by atoms with Crippen LogP contribution < -0.4 is 5.73 Å². The van der Waals surface area contributed by atoms with Crippen molar-refractivity contribution in [2.75, 3.05) is 0 Å². The quantitative estimate of drug-likeness (QED) is 0.635. The van der Waals surface area contributed by atoms with E-state index in [-0.39, 0.29) is 17.6 Å². The smallest absolute Gasteiger partial charge is 0.306 e. The first-order chi connectivity index (χ1) is 5.64. The molecule has 1 aliphatic heterocycles. The predicted octanol–water partition coefficient (Wildman–Crippen LogP) is 1.21. The number of rotatable bonds is 2. The van der Waals surface area contributed by atoms with Gasteiger partial charge in [-0.05, 0) is 19.3 Å². The molecule has 12 heavy (non-hydrogen) atoms. The highest BCUT2D eigenvalue weighted by Crippen LogP contribution is 2.30. The monoisotopic (exact) mass is 171 g/mol. The van der Waals surface area contributed by atoms with Gasteiger partial charge >= 0.3 is 5.97 Å². The van der Waals surface area contributed by atoms with Gasteiger partial charge in [0.1, 0.15) is 5.60 Å². The second-order valence-electron chi connectivity index (χ2n) is 3.39. The normalized spacial score (nSPS) is 28.2. The molecular weight excluding hydrogens is 154 g/mol. The zero-order chi connectivity index (χ0) is 9.19. The minimum Gasteiger partial charge on any atom is -0.457 e. The Balaban J connectivity index is 2.75. The van der Waals surface area contributed by atoms with Crippen LogP contribution in [0.4, 0.5) is 0 Å². The van der Waals surface area contributed by atoms with E-state index in [9.17, 15) is 4.79 Å². The summed E-state index contributed by atoms with van der Waals surface area (Å²) < 4.78 is 5.32. The molecule has 70 valence electrons. The predicted molar refractivity (Wildman–Crippen MR) is 46.6 cm³/mol. The fourth-order valence-corrected chi connectivity index (χ4v) is 1.81. The van der Waals surface area contributed by atoms with Crippen molar-refractivity contribution < 1.29 is 9.53 Å². The van der Waals surface area contributed by atoms with Crippen molar-refractivity contribution in [3.05, 3.63) is 0 Å². The molecule has 3 nitrogen and oxygen atoms in total. The van der Waals surface area contributed by atoms with Crippen molar-refractivity contribution in [3.63, 3.8) is 0 Å². The lowest BCUT2D eigenvalue weighted by Gasteiger charge is -2.40. The van der Waals surface area contributed by atoms with E-state index in [1.807, 2.05) is 13.8 Å². The molecule has 0 radical (unpaired) electrons. The molecule has 1 atom stereocenters. The summed E-state index contributed by atoms with van der Waals surface area (Å²) in [5, 5.41) is 0. The van der Waals surface area contributed by atoms with Crippen LogP contribution in [0.15, 0.2) is 0 Å². The molecule has 1 rings (SSSR count). The summed E-state index contributed by atoms with van der Waals surface area (Å²) in [6.45, 7) is 4.03. The van der Waals surface area contributed by atoms with Crippen LogP contribution in [0.1, 0.15) is 39.5 Å². The van der Waals surface area contributed by atoms with Crippen molar-refractivity contribution in [1.82, 2.24) is 0 Å². The Hall–Kier alpha value is -0.570. The fraction of sp³-hybridized carbons (Fsp3) is 0.889. The van der Waals surface area contributed by atoms with Gasteiger partial charge in [0, 0.05) is 12.5 Å². The third-order valence-electron chi connectivity index (χ3n) is 2.85. The molecule has 1 aliphatic rings. The molecule has 1 saturated heterocycles. The van der Waals surface area contributed by atoms with Crippen molar-refractivity contribution in [2.45, 2.75) is 51.2 Å². The van der Waals surface area contributed by atoms with Gasteiger partial charge < -0.3 is 10.5 Å². The van der Waals surface area contributed by atoms with E-state index < -0.39 is 0 Å². The van der Waals surface area contributed by atoms with Gasteiger partial charge in [0.05, 0.1) is 0 Å². The average Bonchev–Trinajstić information content (AvgIpc) is 2.09. The zero-order valence-electron chi connectivity index (χ0n) is 7.80. The third-order valence-corrected chi connectivity index (χ3v) is 2.85. The molecule has 0 spiro atoms. The summed E-state index contributed by atoms with van der Waals surface area (Å²) in [7, 11) is 0. The van der Waals surface area contributed by atoms with Crippen LogP contribution in [0.25, 0.3) is 0 Å². The molecule has 0 amide bonds. The molecule has 0 aromatic carbocycles. The second kappa shape index (κ2) is 3.44. The lowest BCUT2D eigenvalue weighted by molar-refractivity contribution is -0.171. The Morgan fingerprint density at radius 1 is 1.58 bits per heavy atom. The first-order valence-electron chi connectivity index (χ1n) is 4.62. The Morgan fingerprint density at radius 2 is 2.17 bits per heavy atom. The van der Waals surface area contributed by atoms with Crippen molar-refractivity contribution in [3.8, 4) is 0 Å². The number of carbonyl (C=O) groups excluding carboxylic acids is 1. The number of cyclic esters (lactones) is 1. The van der Waals surface area contributed by atoms with Crippen molar-refractivity contribution >= 4 is 5.97 Å². The molecule has 0 bridgehead atoms. The third kappa shape index (κ3) is 1.46. The van der Waals surface area contributed by atoms with Crippen LogP contribution in [-0.2, 0) is 9.53 Å². The fourth-order valence-electron chi connectivity index (χ4n) is 1.81. The SMILES string of the molecule is CCC1(CC)OC(=O)CC[C@@H]1N. The van der Waals surface area contributed by atoms with Crippen LogP contribution in [0.2, 0.25) is 0 Å². The van der Waals surface area contributed by atoms with Crippen LogP contribution in [0.5, 0.6) is 0 Å². The highest BCUT2D eigenvalue weighted by atomic mass is 16.6. The van der Waals surface area contributed by atoms with Gasteiger partial charge in [-0.25, -0.2) is 0 Å². The average molecular weight is 171 g/mol. The molecular formula is C9H17NO2. The Bertz CT molecular complexity index is 175. The zero-order valence-corrected chi connectivity index (χ0v) is 7.80. The van der Waals surface area contributed by atoms with Crippen LogP contribution in [0.3, 0.4) is 0 Å². The van der Waals surface area contributed by atoms with E-state index in [0.717, 1.165) is 19.3 Å². The van der Waals surface area contributed by atoms with E-state index in [1.54, 1.807) is 0 Å². The van der Waals surface area contributed by atoms with E-state index in [2.05, 4.69) is 0 Å². The first kappa shape index (κ1) is 9.52. The molecule has 1 fully saturated rings. The van der Waals surface area contributed by atoms with Gasteiger partial charge in [-0.3, -0.25) is 4.79 Å². The highest BCUT2D eigenvalue weighted by Gasteiger charge is 2.40. The highest BCUT2D eigenvalue weighted by molar-refractivity contribution is 5.71. The standard InChI is InChI=1S/C9H17NO2/c1-3-9(4-2)7(10)5-6-8(11)12-9/h7H,3-6,10H2,1-2H3/t7-/m0/s1. The van der Waals surface area contributed by atoms with E-state index in [1.165, 1.54) is 0 Å². The van der Waals surface area contributed by atoms with E-state index in [0.29, 0.717) is 6.42 Å². The number of ether oxygens (including phenoxy) is 1. The van der Waals surface area contributed by atoms with Crippen LogP contribution in [-0.4, -0.2) is 17.6 Å². The van der Waals surface area contributed by atoms with Gasteiger partial charge in [-0.1, -0.05) is 13.8 Å². The largest absolute Gasteiger partial charge is 0.457 e. The summed E-state index contributed by atoms with van der Waals surface area (Å²) in [5.41, 5.74) is 5.54. The van der Waals surface area contributed by atoms with Gasteiger partial charge in [-0.2, -0.15) is 0 Å². The Labute approximate surface area is 73.3 Å². The number of nitrogens with two attached hydrogens (primary N) is 1. The Morgan fingerprint density at radius 3 is 2.58 bits per heavy atom. The number of hydrogen-bond acceptors (Lipinski definition) is 3. The second-order valence-corrected chi connectivity index (χ2v) is 3.39. The van der Waals surface area contributed by atoms with Crippen molar-refractivity contribution in [1.29, 1.82) is 0 Å². The summed E-state index contributed by atoms with van der Waals surface area (Å²) in [6, 6.07) is 0.0187. The van der Waals surface area contributed by atoms with Gasteiger partial charge in [0.2, 0.25) is 0 Å². The topological polar surface area (TPSA) is 52.3 Å². The van der Waals surface area contributed by atoms with Gasteiger partial charge in [0.15, 0.2) is 0 Å². The molecule has 0 aromatic rings. The summed E-state index contributed by atoms with van der Waals surface area (Å²) in [6.07, 6.45) is 2.87. The van der Waals surface area contributed by atoms with Gasteiger partial charge in [0.25, 0.3) is 0 Å². The lowest BCUT2D eigenvalue weighted by atomic mass is 9.84. The Kier molecular flexibility index (Phi) is 2.73. The van der Waals surface area contributed by atoms with Crippen molar-refractivity contribution in [2.24, 2.45) is 5.73 Å². The maximum atomic E-state index is 11.1. The summed E-state index contributed by atoms with van der Waals surface area (Å²) in [5.74, 6) is -0.0969. The van der Waals surface area contributed by atoms with E-state index >= 15 is 0 Å². The summed E-state index contributed by atoms with van der Waals surface area (Å²) in [4.78, 5) is 11.1. The minimum absolute atomic E-state index is 0.0187. The van der Waals surface area contributed by atoms with E-state index in [4.69, 9.17) is 10.5 Å². The molecule has 0 unspecified atom stereocenters. The van der Waals surface area contributed by atoms with Crippen LogP contribution >= 0.6 is 0 Å². The number of carbonyl (C=O) groups is 1. The maximum Gasteiger partial charge on any atom is 0.306 e.